The highest BCUT2D eigenvalue weighted by atomic mass is 35.5. The van der Waals surface area contributed by atoms with Crippen molar-refractivity contribution < 1.29 is 22.8 Å². The van der Waals surface area contributed by atoms with Crippen molar-refractivity contribution in [2.75, 3.05) is 13.7 Å². The second-order valence-corrected chi connectivity index (χ2v) is 8.77. The molecule has 9 nitrogen and oxygen atoms in total. The highest BCUT2D eigenvalue weighted by molar-refractivity contribution is 6.29. The molecule has 0 aliphatic rings. The predicted molar refractivity (Wildman–Crippen MR) is 126 cm³/mol. The van der Waals surface area contributed by atoms with Gasteiger partial charge in [0, 0.05) is 38.4 Å². The van der Waals surface area contributed by atoms with Crippen LogP contribution >= 0.6 is 11.6 Å². The summed E-state index contributed by atoms with van der Waals surface area (Å²) in [7, 11) is 3.40. The van der Waals surface area contributed by atoms with Crippen LogP contribution in [0.1, 0.15) is 40.1 Å². The van der Waals surface area contributed by atoms with Gasteiger partial charge in [0.05, 0.1) is 35.3 Å². The molecule has 36 heavy (non-hydrogen) atoms. The van der Waals surface area contributed by atoms with Gasteiger partial charge in [-0.15, -0.1) is 0 Å². The summed E-state index contributed by atoms with van der Waals surface area (Å²) in [6, 6.07) is 7.16. The van der Waals surface area contributed by atoms with Crippen LogP contribution in [0.25, 0.3) is 11.5 Å². The lowest BCUT2D eigenvalue weighted by molar-refractivity contribution is 0.0937. The van der Waals surface area contributed by atoms with Gasteiger partial charge in [-0.05, 0) is 26.0 Å². The molecular formula is C24H23ClF2N6O3. The number of halogens is 3. The van der Waals surface area contributed by atoms with Gasteiger partial charge in [0.2, 0.25) is 0 Å². The maximum Gasteiger partial charge on any atom is 0.273 e. The molecule has 0 saturated heterocycles. The number of hydrogen-bond acceptors (Lipinski definition) is 7. The molecule has 0 bridgehead atoms. The Hall–Kier alpha value is -3.70. The third kappa shape index (κ3) is 4.84. The van der Waals surface area contributed by atoms with Crippen molar-refractivity contribution in [1.29, 1.82) is 0 Å². The molecule has 1 N–H and O–H groups in total. The maximum absolute atomic E-state index is 14.1. The van der Waals surface area contributed by atoms with E-state index in [0.29, 0.717) is 23.5 Å². The number of nitrogens with one attached hydrogen (secondary N) is 1. The van der Waals surface area contributed by atoms with E-state index in [4.69, 9.17) is 20.9 Å². The topological polar surface area (TPSA) is 108 Å². The minimum atomic E-state index is -0.935. The number of aromatic nitrogens is 5. The number of carbonyl (C=O) groups is 1. The van der Waals surface area contributed by atoms with E-state index in [9.17, 15) is 13.6 Å². The number of rotatable bonds is 8. The fourth-order valence-corrected chi connectivity index (χ4v) is 4.35. The van der Waals surface area contributed by atoms with Gasteiger partial charge in [-0.25, -0.2) is 18.7 Å². The molecule has 1 atom stereocenters. The first-order chi connectivity index (χ1) is 17.1. The molecule has 4 aromatic heterocycles. The first-order valence-corrected chi connectivity index (χ1v) is 11.2. The Morgan fingerprint density at radius 2 is 2.08 bits per heavy atom. The Morgan fingerprint density at radius 1 is 1.31 bits per heavy atom. The molecule has 12 heteroatoms. The zero-order valence-corrected chi connectivity index (χ0v) is 20.7. The molecule has 4 rings (SSSR count). The monoisotopic (exact) mass is 516 g/mol. The third-order valence-corrected chi connectivity index (χ3v) is 6.05. The van der Waals surface area contributed by atoms with E-state index in [1.54, 1.807) is 23.9 Å². The van der Waals surface area contributed by atoms with E-state index < -0.39 is 23.0 Å². The van der Waals surface area contributed by atoms with Crippen LogP contribution in [0.3, 0.4) is 0 Å². The van der Waals surface area contributed by atoms with Crippen LogP contribution in [0.4, 0.5) is 8.78 Å². The number of methoxy groups -OCH3 is 1. The van der Waals surface area contributed by atoms with Gasteiger partial charge < -0.3 is 14.6 Å². The Bertz CT molecular complexity index is 1420. The summed E-state index contributed by atoms with van der Waals surface area (Å²) in [6.07, 6.45) is 0.845. The number of nitrogens with zero attached hydrogens (tertiary/aromatic N) is 5. The van der Waals surface area contributed by atoms with Gasteiger partial charge in [-0.2, -0.15) is 5.10 Å². The molecule has 0 spiro atoms. The molecule has 1 amide bonds. The second kappa shape index (κ2) is 10.1. The van der Waals surface area contributed by atoms with Crippen molar-refractivity contribution in [3.05, 3.63) is 81.7 Å². The van der Waals surface area contributed by atoms with Gasteiger partial charge >= 0.3 is 0 Å². The molecule has 0 radical (unpaired) electrons. The maximum atomic E-state index is 14.1. The lowest BCUT2D eigenvalue weighted by Crippen LogP contribution is -2.41. The first kappa shape index (κ1) is 25.4. The first-order valence-electron chi connectivity index (χ1n) is 10.8. The standard InChI is InChI=1S/C24H23ClF2N6O3/c1-13-21(17(11-35-4)33(3)31-13)24(2,19-6-5-7-20(25)30-19)12-29-23(34)16-9-18(36-32-16)22-15(27)8-14(26)10-28-22/h5-10H,11-12H2,1-4H3,(H,29,34). The largest absolute Gasteiger partial charge is 0.378 e. The van der Waals surface area contributed by atoms with Crippen molar-refractivity contribution in [2.45, 2.75) is 25.9 Å². The van der Waals surface area contributed by atoms with Crippen LogP contribution in [0.5, 0.6) is 0 Å². The quantitative estimate of drug-likeness (QED) is 0.353. The molecule has 0 aliphatic heterocycles. The fraction of sp³-hybridized carbons (Fsp3) is 0.292. The van der Waals surface area contributed by atoms with Crippen LogP contribution in [0.15, 0.2) is 41.1 Å². The van der Waals surface area contributed by atoms with E-state index in [0.717, 1.165) is 23.1 Å². The average molecular weight is 517 g/mol. The normalized spacial score (nSPS) is 13.0. The van der Waals surface area contributed by atoms with Gasteiger partial charge in [-0.3, -0.25) is 9.48 Å². The summed E-state index contributed by atoms with van der Waals surface area (Å²) >= 11 is 6.20. The number of aryl methyl sites for hydroxylation is 2. The molecule has 4 aromatic rings. The van der Waals surface area contributed by atoms with Crippen LogP contribution in [0, 0.1) is 18.6 Å². The summed E-state index contributed by atoms with van der Waals surface area (Å²) in [5.41, 5.74) is 1.79. The summed E-state index contributed by atoms with van der Waals surface area (Å²) in [5.74, 6) is -2.45. The minimum absolute atomic E-state index is 0.0910. The molecule has 0 fully saturated rings. The average Bonchev–Trinajstić information content (AvgIpc) is 3.42. The van der Waals surface area contributed by atoms with E-state index in [-0.39, 0.29) is 23.7 Å². The van der Waals surface area contributed by atoms with Crippen molar-refractivity contribution in [1.82, 2.24) is 30.2 Å². The number of amides is 1. The zero-order chi connectivity index (χ0) is 26.0. The Kier molecular flexibility index (Phi) is 7.14. The predicted octanol–water partition coefficient (Wildman–Crippen LogP) is 3.99. The smallest absolute Gasteiger partial charge is 0.273 e. The summed E-state index contributed by atoms with van der Waals surface area (Å²) in [6.45, 7) is 4.17. The minimum Gasteiger partial charge on any atom is -0.378 e. The van der Waals surface area contributed by atoms with Crippen molar-refractivity contribution in [3.63, 3.8) is 0 Å². The SMILES string of the molecule is COCc1c(C(C)(CNC(=O)c2cc(-c3ncc(F)cc3F)on2)c2cccc(Cl)n2)c(C)nn1C. The van der Waals surface area contributed by atoms with Crippen molar-refractivity contribution >= 4 is 17.5 Å². The van der Waals surface area contributed by atoms with E-state index in [1.165, 1.54) is 6.07 Å². The third-order valence-electron chi connectivity index (χ3n) is 5.84. The lowest BCUT2D eigenvalue weighted by atomic mass is 9.77. The Morgan fingerprint density at radius 3 is 2.78 bits per heavy atom. The van der Waals surface area contributed by atoms with E-state index in [1.807, 2.05) is 27.0 Å². The Labute approximate surface area is 210 Å². The number of carbonyl (C=O) groups excluding carboxylic acids is 1. The number of ether oxygens (including phenoxy) is 1. The van der Waals surface area contributed by atoms with Crippen LogP contribution in [-0.2, 0) is 23.8 Å². The molecule has 0 aliphatic carbocycles. The summed E-state index contributed by atoms with van der Waals surface area (Å²) in [5, 5.41) is 11.4. The zero-order valence-electron chi connectivity index (χ0n) is 20.0. The van der Waals surface area contributed by atoms with E-state index >= 15 is 0 Å². The Balaban J connectivity index is 1.66. The highest BCUT2D eigenvalue weighted by Crippen LogP contribution is 2.36. The van der Waals surface area contributed by atoms with E-state index in [2.05, 4.69) is 25.5 Å². The van der Waals surface area contributed by atoms with Crippen LogP contribution < -0.4 is 5.32 Å². The van der Waals surface area contributed by atoms with Gasteiger partial charge in [0.1, 0.15) is 16.7 Å². The molecular weight excluding hydrogens is 494 g/mol. The number of pyridine rings is 2. The van der Waals surface area contributed by atoms with Crippen LogP contribution in [-0.4, -0.2) is 44.5 Å². The van der Waals surface area contributed by atoms with Gasteiger partial charge in [-0.1, -0.05) is 22.8 Å². The summed E-state index contributed by atoms with van der Waals surface area (Å²) < 4.78 is 39.5. The second-order valence-electron chi connectivity index (χ2n) is 8.38. The van der Waals surface area contributed by atoms with Crippen molar-refractivity contribution in [2.24, 2.45) is 7.05 Å². The fourth-order valence-electron chi connectivity index (χ4n) is 4.19. The molecule has 0 saturated carbocycles. The van der Waals surface area contributed by atoms with Crippen LogP contribution in [0.2, 0.25) is 5.15 Å². The van der Waals surface area contributed by atoms with Gasteiger partial charge in [0.15, 0.2) is 17.3 Å². The van der Waals surface area contributed by atoms with Gasteiger partial charge in [0.25, 0.3) is 5.91 Å². The lowest BCUT2D eigenvalue weighted by Gasteiger charge is -2.31. The summed E-state index contributed by atoms with van der Waals surface area (Å²) in [4.78, 5) is 21.2. The number of hydrogen-bond donors (Lipinski definition) is 1. The molecule has 188 valence electrons. The molecule has 4 heterocycles. The van der Waals surface area contributed by atoms with Crippen molar-refractivity contribution in [3.8, 4) is 11.5 Å². The molecule has 1 unspecified atom stereocenters. The molecule has 0 aromatic carbocycles. The highest BCUT2D eigenvalue weighted by Gasteiger charge is 2.37.